The maximum Gasteiger partial charge on any atom is 0.223 e. The lowest BCUT2D eigenvalue weighted by molar-refractivity contribution is 0.102. The highest BCUT2D eigenvalue weighted by atomic mass is 32.1. The minimum atomic E-state index is 0.0289. The summed E-state index contributed by atoms with van der Waals surface area (Å²) in [4.78, 5) is 16.5. The van der Waals surface area contributed by atoms with Gasteiger partial charge in [0.2, 0.25) is 5.89 Å². The summed E-state index contributed by atoms with van der Waals surface area (Å²) in [6.45, 7) is 4.02. The Balaban J connectivity index is 1.72. The van der Waals surface area contributed by atoms with E-state index in [1.165, 1.54) is 11.3 Å². The number of nitrogens with one attached hydrogen (secondary N) is 1. The van der Waals surface area contributed by atoms with Crippen LogP contribution in [0.25, 0.3) is 0 Å². The highest BCUT2D eigenvalue weighted by Gasteiger charge is 2.32. The zero-order valence-electron chi connectivity index (χ0n) is 12.1. The number of anilines is 2. The second-order valence-electron chi connectivity index (χ2n) is 5.32. The summed E-state index contributed by atoms with van der Waals surface area (Å²) in [5, 5.41) is 8.25. The first-order valence-corrected chi connectivity index (χ1v) is 7.84. The SMILES string of the molecule is CC(=O)c1sc(NCCc2noc(C)n2)c(C2CC2)c1N. The zero-order chi connectivity index (χ0) is 15.0. The lowest BCUT2D eigenvalue weighted by atomic mass is 10.1. The third-order valence-corrected chi connectivity index (χ3v) is 4.77. The number of ketones is 1. The van der Waals surface area contributed by atoms with Crippen molar-refractivity contribution >= 4 is 27.8 Å². The van der Waals surface area contributed by atoms with E-state index in [1.54, 1.807) is 13.8 Å². The zero-order valence-corrected chi connectivity index (χ0v) is 12.9. The van der Waals surface area contributed by atoms with Crippen LogP contribution < -0.4 is 11.1 Å². The van der Waals surface area contributed by atoms with Crippen LogP contribution in [0.15, 0.2) is 4.52 Å². The van der Waals surface area contributed by atoms with Crippen molar-refractivity contribution < 1.29 is 9.32 Å². The Kier molecular flexibility index (Phi) is 3.67. The van der Waals surface area contributed by atoms with Gasteiger partial charge in [0.05, 0.1) is 15.6 Å². The van der Waals surface area contributed by atoms with E-state index >= 15 is 0 Å². The number of carbonyl (C=O) groups is 1. The minimum Gasteiger partial charge on any atom is -0.397 e. The van der Waals surface area contributed by atoms with Crippen molar-refractivity contribution in [1.29, 1.82) is 0 Å². The fourth-order valence-electron chi connectivity index (χ4n) is 2.36. The van der Waals surface area contributed by atoms with Gasteiger partial charge in [0.15, 0.2) is 11.6 Å². The van der Waals surface area contributed by atoms with Crippen molar-refractivity contribution in [1.82, 2.24) is 10.1 Å². The Labute approximate surface area is 126 Å². The number of rotatable bonds is 6. The smallest absolute Gasteiger partial charge is 0.223 e. The lowest BCUT2D eigenvalue weighted by Crippen LogP contribution is -2.06. The summed E-state index contributed by atoms with van der Waals surface area (Å²) in [5.74, 6) is 1.79. The van der Waals surface area contributed by atoms with Crippen LogP contribution in [-0.2, 0) is 6.42 Å². The van der Waals surface area contributed by atoms with Crippen molar-refractivity contribution in [2.24, 2.45) is 0 Å². The molecule has 0 spiro atoms. The van der Waals surface area contributed by atoms with Crippen LogP contribution >= 0.6 is 11.3 Å². The number of nitrogens with two attached hydrogens (primary N) is 1. The molecule has 1 fully saturated rings. The Morgan fingerprint density at radius 1 is 1.52 bits per heavy atom. The standard InChI is InChI=1S/C14H18N4O2S/c1-7(19)13-12(15)11(9-3-4-9)14(21-13)16-6-5-10-17-8(2)20-18-10/h9,16H,3-6,15H2,1-2H3. The first-order chi connectivity index (χ1) is 10.1. The van der Waals surface area contributed by atoms with Gasteiger partial charge in [0, 0.05) is 32.4 Å². The van der Waals surface area contributed by atoms with Gasteiger partial charge in [-0.25, -0.2) is 0 Å². The Bertz CT molecular complexity index is 673. The number of hydrogen-bond donors (Lipinski definition) is 2. The molecule has 0 aliphatic heterocycles. The van der Waals surface area contributed by atoms with Gasteiger partial charge in [0.1, 0.15) is 0 Å². The average Bonchev–Trinajstić information content (AvgIpc) is 3.09. The van der Waals surface area contributed by atoms with E-state index in [1.807, 2.05) is 0 Å². The predicted octanol–water partition coefficient (Wildman–Crippen LogP) is 2.76. The van der Waals surface area contributed by atoms with Crippen LogP contribution in [0.1, 0.15) is 52.6 Å². The molecule has 6 nitrogen and oxygen atoms in total. The number of thiophene rings is 1. The largest absolute Gasteiger partial charge is 0.397 e. The highest BCUT2D eigenvalue weighted by Crippen LogP contribution is 2.50. The van der Waals surface area contributed by atoms with E-state index in [-0.39, 0.29) is 5.78 Å². The summed E-state index contributed by atoms with van der Waals surface area (Å²) in [6, 6.07) is 0. The number of nitrogen functional groups attached to an aromatic ring is 1. The molecule has 1 saturated carbocycles. The van der Waals surface area contributed by atoms with Gasteiger partial charge in [-0.05, 0) is 18.8 Å². The molecule has 1 aliphatic carbocycles. The first kappa shape index (κ1) is 14.1. The molecule has 21 heavy (non-hydrogen) atoms. The Hall–Kier alpha value is -1.89. The normalized spacial score (nSPS) is 14.4. The predicted molar refractivity (Wildman–Crippen MR) is 81.9 cm³/mol. The van der Waals surface area contributed by atoms with Crippen molar-refractivity contribution in [3.05, 3.63) is 22.2 Å². The van der Waals surface area contributed by atoms with Gasteiger partial charge < -0.3 is 15.6 Å². The minimum absolute atomic E-state index is 0.0289. The second kappa shape index (κ2) is 5.48. The molecule has 0 aromatic carbocycles. The summed E-state index contributed by atoms with van der Waals surface area (Å²) < 4.78 is 4.94. The number of aromatic nitrogens is 2. The molecule has 0 unspecified atom stereocenters. The molecule has 0 saturated heterocycles. The van der Waals surface area contributed by atoms with E-state index in [9.17, 15) is 4.79 Å². The summed E-state index contributed by atoms with van der Waals surface area (Å²) in [5.41, 5.74) is 7.92. The van der Waals surface area contributed by atoms with Crippen molar-refractivity contribution in [2.45, 2.75) is 39.0 Å². The van der Waals surface area contributed by atoms with E-state index in [2.05, 4.69) is 15.5 Å². The highest BCUT2D eigenvalue weighted by molar-refractivity contribution is 7.18. The van der Waals surface area contributed by atoms with Crippen LogP contribution in [0.3, 0.4) is 0 Å². The number of hydrogen-bond acceptors (Lipinski definition) is 7. The second-order valence-corrected chi connectivity index (χ2v) is 6.35. The Morgan fingerprint density at radius 3 is 2.86 bits per heavy atom. The third-order valence-electron chi connectivity index (χ3n) is 3.49. The van der Waals surface area contributed by atoms with Crippen LogP contribution in [0, 0.1) is 6.92 Å². The molecule has 0 radical (unpaired) electrons. The van der Waals surface area contributed by atoms with Gasteiger partial charge in [-0.15, -0.1) is 11.3 Å². The molecule has 2 aromatic heterocycles. The molecule has 112 valence electrons. The molecular formula is C14H18N4O2S. The molecule has 1 aliphatic rings. The van der Waals surface area contributed by atoms with Gasteiger partial charge in [-0.1, -0.05) is 5.16 Å². The average molecular weight is 306 g/mol. The molecule has 0 bridgehead atoms. The molecule has 2 aromatic rings. The van der Waals surface area contributed by atoms with E-state index in [4.69, 9.17) is 10.3 Å². The number of aryl methyl sites for hydroxylation is 1. The number of nitrogens with zero attached hydrogens (tertiary/aromatic N) is 2. The van der Waals surface area contributed by atoms with E-state index in [0.717, 1.165) is 23.4 Å². The van der Waals surface area contributed by atoms with Crippen LogP contribution in [-0.4, -0.2) is 22.5 Å². The molecule has 3 rings (SSSR count). The van der Waals surface area contributed by atoms with Crippen LogP contribution in [0.5, 0.6) is 0 Å². The van der Waals surface area contributed by atoms with Gasteiger partial charge in [-0.2, -0.15) is 4.98 Å². The van der Waals surface area contributed by atoms with Crippen molar-refractivity contribution in [3.8, 4) is 0 Å². The molecule has 2 heterocycles. The van der Waals surface area contributed by atoms with Gasteiger partial charge >= 0.3 is 0 Å². The fraction of sp³-hybridized carbons (Fsp3) is 0.500. The Morgan fingerprint density at radius 2 is 2.29 bits per heavy atom. The maximum atomic E-state index is 11.6. The van der Waals surface area contributed by atoms with Crippen molar-refractivity contribution in [2.75, 3.05) is 17.6 Å². The summed E-state index contributed by atoms with van der Waals surface area (Å²) >= 11 is 1.45. The fourth-order valence-corrected chi connectivity index (χ4v) is 3.49. The monoisotopic (exact) mass is 306 g/mol. The third kappa shape index (κ3) is 2.92. The number of carbonyl (C=O) groups excluding carboxylic acids is 1. The maximum absolute atomic E-state index is 11.6. The lowest BCUT2D eigenvalue weighted by Gasteiger charge is -2.05. The van der Waals surface area contributed by atoms with Crippen LogP contribution in [0.2, 0.25) is 0 Å². The van der Waals surface area contributed by atoms with Gasteiger partial charge in [-0.3, -0.25) is 4.79 Å². The van der Waals surface area contributed by atoms with Gasteiger partial charge in [0.25, 0.3) is 0 Å². The van der Waals surface area contributed by atoms with Crippen molar-refractivity contribution in [3.63, 3.8) is 0 Å². The van der Waals surface area contributed by atoms with E-state index in [0.29, 0.717) is 41.2 Å². The summed E-state index contributed by atoms with van der Waals surface area (Å²) in [7, 11) is 0. The molecule has 7 heteroatoms. The molecule has 3 N–H and O–H groups in total. The summed E-state index contributed by atoms with van der Waals surface area (Å²) in [6.07, 6.45) is 2.97. The quantitative estimate of drug-likeness (QED) is 0.797. The number of Topliss-reactive ketones (excluding diaryl/α,β-unsaturated/α-hetero) is 1. The topological polar surface area (TPSA) is 94.0 Å². The molecule has 0 amide bonds. The van der Waals surface area contributed by atoms with Crippen LogP contribution in [0.4, 0.5) is 10.7 Å². The first-order valence-electron chi connectivity index (χ1n) is 7.02. The van der Waals surface area contributed by atoms with E-state index < -0.39 is 0 Å². The molecule has 0 atom stereocenters. The molecular weight excluding hydrogens is 288 g/mol.